The molecule has 2 aromatic rings. The quantitative estimate of drug-likeness (QED) is 0.698. The number of carboxylic acid groups (broad SMARTS) is 1. The highest BCUT2D eigenvalue weighted by Gasteiger charge is 2.13. The number of para-hydroxylation sites is 1. The van der Waals surface area contributed by atoms with Crippen molar-refractivity contribution in [2.45, 2.75) is 13.5 Å². The SMILES string of the molecule is Cc1nc(CNc2c(N)cccc2C(=O)O)no1. The molecule has 0 aliphatic heterocycles. The van der Waals surface area contributed by atoms with E-state index >= 15 is 0 Å². The van der Waals surface area contributed by atoms with Crippen molar-refractivity contribution in [1.82, 2.24) is 10.1 Å². The molecule has 1 aromatic carbocycles. The summed E-state index contributed by atoms with van der Waals surface area (Å²) in [5.41, 5.74) is 6.56. The third-order valence-corrected chi connectivity index (χ3v) is 2.32. The van der Waals surface area contributed by atoms with Crippen LogP contribution < -0.4 is 11.1 Å². The number of rotatable bonds is 4. The number of carbonyl (C=O) groups is 1. The van der Waals surface area contributed by atoms with Gasteiger partial charge < -0.3 is 20.7 Å². The molecule has 7 heteroatoms. The summed E-state index contributed by atoms with van der Waals surface area (Å²) in [6, 6.07) is 4.68. The number of aromatic nitrogens is 2. The number of hydrogen-bond donors (Lipinski definition) is 3. The summed E-state index contributed by atoms with van der Waals surface area (Å²) in [4.78, 5) is 15.0. The van der Waals surface area contributed by atoms with Gasteiger partial charge >= 0.3 is 5.97 Å². The standard InChI is InChI=1S/C11H12N4O3/c1-6-14-9(15-18-6)5-13-10-7(11(16)17)3-2-4-8(10)12/h2-4,13H,5,12H2,1H3,(H,16,17). The van der Waals surface area contributed by atoms with Gasteiger partial charge in [-0.15, -0.1) is 0 Å². The predicted molar refractivity (Wildman–Crippen MR) is 64.2 cm³/mol. The molecule has 0 aliphatic carbocycles. The van der Waals surface area contributed by atoms with E-state index in [4.69, 9.17) is 15.4 Å². The number of benzene rings is 1. The number of nitrogens with two attached hydrogens (primary N) is 1. The average Bonchev–Trinajstić information content (AvgIpc) is 2.73. The molecule has 0 fully saturated rings. The van der Waals surface area contributed by atoms with Crippen molar-refractivity contribution in [2.24, 2.45) is 0 Å². The molecule has 0 spiro atoms. The first-order valence-electron chi connectivity index (χ1n) is 5.23. The number of nitrogens with one attached hydrogen (secondary N) is 1. The number of nitrogens with zero attached hydrogens (tertiary/aromatic N) is 2. The minimum atomic E-state index is -1.05. The molecule has 1 heterocycles. The molecule has 0 radical (unpaired) electrons. The molecule has 18 heavy (non-hydrogen) atoms. The number of anilines is 2. The van der Waals surface area contributed by atoms with E-state index < -0.39 is 5.97 Å². The van der Waals surface area contributed by atoms with Gasteiger partial charge in [-0.3, -0.25) is 0 Å². The van der Waals surface area contributed by atoms with Crippen molar-refractivity contribution in [3.05, 3.63) is 35.5 Å². The van der Waals surface area contributed by atoms with Crippen molar-refractivity contribution in [2.75, 3.05) is 11.1 Å². The lowest BCUT2D eigenvalue weighted by molar-refractivity contribution is 0.0698. The lowest BCUT2D eigenvalue weighted by atomic mass is 10.1. The van der Waals surface area contributed by atoms with E-state index in [2.05, 4.69) is 15.5 Å². The lowest BCUT2D eigenvalue weighted by Gasteiger charge is -2.10. The van der Waals surface area contributed by atoms with Gasteiger partial charge in [-0.05, 0) is 12.1 Å². The first-order valence-corrected chi connectivity index (χ1v) is 5.23. The zero-order valence-corrected chi connectivity index (χ0v) is 9.67. The molecule has 7 nitrogen and oxygen atoms in total. The maximum Gasteiger partial charge on any atom is 0.337 e. The fraction of sp³-hybridized carbons (Fsp3) is 0.182. The summed E-state index contributed by atoms with van der Waals surface area (Å²) < 4.78 is 4.81. The van der Waals surface area contributed by atoms with Gasteiger partial charge in [0, 0.05) is 6.92 Å². The van der Waals surface area contributed by atoms with Crippen LogP contribution in [0.1, 0.15) is 22.1 Å². The van der Waals surface area contributed by atoms with Crippen molar-refractivity contribution < 1.29 is 14.4 Å². The van der Waals surface area contributed by atoms with Crippen LogP contribution in [-0.2, 0) is 6.54 Å². The Morgan fingerprint density at radius 2 is 2.33 bits per heavy atom. The van der Waals surface area contributed by atoms with Crippen molar-refractivity contribution in [1.29, 1.82) is 0 Å². The van der Waals surface area contributed by atoms with E-state index in [1.54, 1.807) is 19.1 Å². The third-order valence-electron chi connectivity index (χ3n) is 2.32. The fourth-order valence-corrected chi connectivity index (χ4v) is 1.53. The Hall–Kier alpha value is -2.57. The molecule has 0 aliphatic rings. The van der Waals surface area contributed by atoms with Gasteiger partial charge in [0.2, 0.25) is 5.89 Å². The van der Waals surface area contributed by atoms with E-state index in [0.29, 0.717) is 23.1 Å². The van der Waals surface area contributed by atoms with Gasteiger partial charge in [0.25, 0.3) is 0 Å². The molecule has 0 unspecified atom stereocenters. The molecule has 94 valence electrons. The molecule has 0 saturated heterocycles. The summed E-state index contributed by atoms with van der Waals surface area (Å²) in [7, 11) is 0. The van der Waals surface area contributed by atoms with Gasteiger partial charge in [-0.25, -0.2) is 4.79 Å². The lowest BCUT2D eigenvalue weighted by Crippen LogP contribution is -2.09. The Bertz CT molecular complexity index is 579. The van der Waals surface area contributed by atoms with Gasteiger partial charge in [0.15, 0.2) is 5.82 Å². The van der Waals surface area contributed by atoms with Crippen LogP contribution in [0.25, 0.3) is 0 Å². The normalized spacial score (nSPS) is 10.3. The highest BCUT2D eigenvalue weighted by atomic mass is 16.5. The Morgan fingerprint density at radius 1 is 1.56 bits per heavy atom. The number of carboxylic acids is 1. The second-order valence-electron chi connectivity index (χ2n) is 3.66. The van der Waals surface area contributed by atoms with Crippen LogP contribution in [0.15, 0.2) is 22.7 Å². The molecule has 2 rings (SSSR count). The van der Waals surface area contributed by atoms with Crippen molar-refractivity contribution >= 4 is 17.3 Å². The molecule has 0 saturated carbocycles. The molecular formula is C11H12N4O3. The van der Waals surface area contributed by atoms with Crippen molar-refractivity contribution in [3.8, 4) is 0 Å². The van der Waals surface area contributed by atoms with Gasteiger partial charge in [0.05, 0.1) is 23.5 Å². The largest absolute Gasteiger partial charge is 0.478 e. The summed E-state index contributed by atoms with van der Waals surface area (Å²) >= 11 is 0. The highest BCUT2D eigenvalue weighted by molar-refractivity contribution is 5.97. The first kappa shape index (κ1) is 11.9. The fourth-order valence-electron chi connectivity index (χ4n) is 1.53. The number of hydrogen-bond acceptors (Lipinski definition) is 6. The van der Waals surface area contributed by atoms with Crippen molar-refractivity contribution in [3.63, 3.8) is 0 Å². The zero-order chi connectivity index (χ0) is 13.1. The number of aromatic carboxylic acids is 1. The predicted octanol–water partition coefficient (Wildman–Crippen LogP) is 1.27. The Morgan fingerprint density at radius 3 is 2.94 bits per heavy atom. The third kappa shape index (κ3) is 2.40. The molecule has 0 atom stereocenters. The van der Waals surface area contributed by atoms with Gasteiger partial charge in [0.1, 0.15) is 0 Å². The second kappa shape index (κ2) is 4.74. The van der Waals surface area contributed by atoms with E-state index in [1.807, 2.05) is 0 Å². The van der Waals surface area contributed by atoms with Crippen LogP contribution in [0.5, 0.6) is 0 Å². The van der Waals surface area contributed by atoms with Gasteiger partial charge in [-0.2, -0.15) is 4.98 Å². The van der Waals surface area contributed by atoms with E-state index in [0.717, 1.165) is 0 Å². The maximum absolute atomic E-state index is 11.0. The zero-order valence-electron chi connectivity index (χ0n) is 9.67. The monoisotopic (exact) mass is 248 g/mol. The van der Waals surface area contributed by atoms with Crippen LogP contribution in [0.2, 0.25) is 0 Å². The summed E-state index contributed by atoms with van der Waals surface area (Å²) in [6.45, 7) is 1.92. The Labute approximate surface area is 103 Å². The number of nitrogen functional groups attached to an aromatic ring is 1. The topological polar surface area (TPSA) is 114 Å². The Kier molecular flexibility index (Phi) is 3.13. The minimum absolute atomic E-state index is 0.107. The highest BCUT2D eigenvalue weighted by Crippen LogP contribution is 2.23. The van der Waals surface area contributed by atoms with Crippen LogP contribution >= 0.6 is 0 Å². The summed E-state index contributed by atoms with van der Waals surface area (Å²) in [6.07, 6.45) is 0. The second-order valence-corrected chi connectivity index (χ2v) is 3.66. The summed E-state index contributed by atoms with van der Waals surface area (Å²) in [5, 5.41) is 15.6. The molecule has 0 amide bonds. The van der Waals surface area contributed by atoms with Gasteiger partial charge in [-0.1, -0.05) is 11.2 Å². The summed E-state index contributed by atoms with van der Waals surface area (Å²) in [5.74, 6) is -0.160. The van der Waals surface area contributed by atoms with Crippen LogP contribution in [0.3, 0.4) is 0 Å². The molecule has 4 N–H and O–H groups in total. The molecule has 0 bridgehead atoms. The van der Waals surface area contributed by atoms with E-state index in [9.17, 15) is 4.79 Å². The van der Waals surface area contributed by atoms with Crippen LogP contribution in [0, 0.1) is 6.92 Å². The van der Waals surface area contributed by atoms with Crippen LogP contribution in [-0.4, -0.2) is 21.2 Å². The smallest absolute Gasteiger partial charge is 0.337 e. The average molecular weight is 248 g/mol. The number of aryl methyl sites for hydroxylation is 1. The minimum Gasteiger partial charge on any atom is -0.478 e. The maximum atomic E-state index is 11.0. The first-order chi connectivity index (χ1) is 8.58. The van der Waals surface area contributed by atoms with E-state index in [-0.39, 0.29) is 12.1 Å². The molecular weight excluding hydrogens is 236 g/mol. The van der Waals surface area contributed by atoms with E-state index in [1.165, 1.54) is 6.07 Å². The molecule has 1 aromatic heterocycles. The van der Waals surface area contributed by atoms with Crippen LogP contribution in [0.4, 0.5) is 11.4 Å². The Balaban J connectivity index is 2.20.